The minimum Gasteiger partial charge on any atom is -0.378 e. The molecule has 1 unspecified atom stereocenters. The van der Waals surface area contributed by atoms with Gasteiger partial charge in [-0.25, -0.2) is 4.98 Å². The van der Waals surface area contributed by atoms with Gasteiger partial charge in [-0.05, 0) is 12.8 Å². The Morgan fingerprint density at radius 2 is 2.09 bits per heavy atom. The molecule has 1 aromatic rings. The fourth-order valence-corrected chi connectivity index (χ4v) is 2.78. The molecule has 0 bridgehead atoms. The second-order valence-corrected chi connectivity index (χ2v) is 5.74. The molecule has 0 spiro atoms. The molecule has 22 heavy (non-hydrogen) atoms. The van der Waals surface area contributed by atoms with Gasteiger partial charge in [0.2, 0.25) is 11.9 Å². The number of rotatable bonds is 4. The number of ether oxygens (including phenoxy) is 1. The van der Waals surface area contributed by atoms with Crippen molar-refractivity contribution >= 4 is 17.7 Å². The summed E-state index contributed by atoms with van der Waals surface area (Å²) >= 11 is 0. The number of likely N-dealkylation sites (tertiary alicyclic amines) is 1. The van der Waals surface area contributed by atoms with Crippen molar-refractivity contribution in [3.05, 3.63) is 11.8 Å². The van der Waals surface area contributed by atoms with Crippen LogP contribution in [0.4, 0.5) is 11.8 Å². The van der Waals surface area contributed by atoms with Gasteiger partial charge in [0.15, 0.2) is 0 Å². The lowest BCUT2D eigenvalue weighted by molar-refractivity contribution is -0.127. The number of nitrogens with zero attached hydrogens (tertiary/aromatic N) is 4. The fourth-order valence-electron chi connectivity index (χ4n) is 2.78. The molecule has 120 valence electrons. The monoisotopic (exact) mass is 305 g/mol. The Hall–Kier alpha value is -1.89. The maximum atomic E-state index is 12.0. The number of aryl methyl sites for hydroxylation is 1. The number of carbonyl (C=O) groups is 1. The van der Waals surface area contributed by atoms with E-state index in [2.05, 4.69) is 27.1 Å². The van der Waals surface area contributed by atoms with E-state index in [1.807, 2.05) is 13.1 Å². The minimum absolute atomic E-state index is 0.129. The maximum absolute atomic E-state index is 12.0. The van der Waals surface area contributed by atoms with Gasteiger partial charge in [-0.15, -0.1) is 0 Å². The molecule has 1 atom stereocenters. The average Bonchev–Trinajstić information content (AvgIpc) is 2.87. The molecule has 2 fully saturated rings. The van der Waals surface area contributed by atoms with E-state index in [9.17, 15) is 4.79 Å². The first-order valence-electron chi connectivity index (χ1n) is 7.89. The number of likely N-dealkylation sites (N-methyl/N-ethyl adjacent to an activating group) is 1. The molecule has 7 heteroatoms. The summed E-state index contributed by atoms with van der Waals surface area (Å²) in [5.74, 6) is 1.59. The fraction of sp³-hybridized carbons (Fsp3) is 0.667. The quantitative estimate of drug-likeness (QED) is 0.874. The van der Waals surface area contributed by atoms with E-state index in [0.29, 0.717) is 13.2 Å². The van der Waals surface area contributed by atoms with Crippen molar-refractivity contribution in [1.29, 1.82) is 0 Å². The normalized spacial score (nSPS) is 22.3. The number of hydrogen-bond acceptors (Lipinski definition) is 6. The highest BCUT2D eigenvalue weighted by atomic mass is 16.5. The zero-order valence-corrected chi connectivity index (χ0v) is 13.2. The van der Waals surface area contributed by atoms with Gasteiger partial charge >= 0.3 is 0 Å². The molecule has 2 aliphatic rings. The highest BCUT2D eigenvalue weighted by molar-refractivity contribution is 5.86. The molecule has 0 aromatic carbocycles. The molecule has 3 rings (SSSR count). The van der Waals surface area contributed by atoms with E-state index in [-0.39, 0.29) is 11.9 Å². The molecule has 3 heterocycles. The van der Waals surface area contributed by atoms with E-state index < -0.39 is 0 Å². The van der Waals surface area contributed by atoms with Crippen molar-refractivity contribution in [2.24, 2.45) is 0 Å². The number of amides is 1. The molecular weight excluding hydrogens is 282 g/mol. The summed E-state index contributed by atoms with van der Waals surface area (Å²) in [5.41, 5.74) is 0.984. The van der Waals surface area contributed by atoms with Crippen LogP contribution in [0.15, 0.2) is 6.07 Å². The van der Waals surface area contributed by atoms with Gasteiger partial charge in [0, 0.05) is 38.4 Å². The van der Waals surface area contributed by atoms with Crippen molar-refractivity contribution in [1.82, 2.24) is 14.9 Å². The Morgan fingerprint density at radius 1 is 1.32 bits per heavy atom. The maximum Gasteiger partial charge on any atom is 0.244 e. The number of aromatic nitrogens is 2. The van der Waals surface area contributed by atoms with Gasteiger partial charge in [0.05, 0.1) is 13.2 Å². The SMILES string of the molecule is CCc1cc(NC2CCN(C)C2=O)nc(N2CCOCC2)n1. The lowest BCUT2D eigenvalue weighted by Gasteiger charge is -2.27. The van der Waals surface area contributed by atoms with Crippen molar-refractivity contribution < 1.29 is 9.53 Å². The summed E-state index contributed by atoms with van der Waals surface area (Å²) < 4.78 is 5.38. The van der Waals surface area contributed by atoms with E-state index in [1.54, 1.807) is 4.90 Å². The van der Waals surface area contributed by atoms with Crippen molar-refractivity contribution in [2.45, 2.75) is 25.8 Å². The summed E-state index contributed by atoms with van der Waals surface area (Å²) in [6.45, 7) is 5.88. The van der Waals surface area contributed by atoms with Crippen LogP contribution in [-0.4, -0.2) is 66.7 Å². The third-order valence-electron chi connectivity index (χ3n) is 4.17. The Labute approximate surface area is 130 Å². The predicted octanol–water partition coefficient (Wildman–Crippen LogP) is 0.518. The molecule has 1 amide bonds. The van der Waals surface area contributed by atoms with Gasteiger partial charge in [-0.1, -0.05) is 6.92 Å². The zero-order valence-electron chi connectivity index (χ0n) is 13.2. The van der Waals surface area contributed by atoms with Crippen LogP contribution in [0.1, 0.15) is 19.0 Å². The van der Waals surface area contributed by atoms with Crippen LogP contribution in [0.25, 0.3) is 0 Å². The van der Waals surface area contributed by atoms with Crippen LogP contribution in [0.2, 0.25) is 0 Å². The molecule has 0 radical (unpaired) electrons. The minimum atomic E-state index is -0.179. The number of hydrogen-bond donors (Lipinski definition) is 1. The molecule has 1 aromatic heterocycles. The Morgan fingerprint density at radius 3 is 2.73 bits per heavy atom. The molecule has 7 nitrogen and oxygen atoms in total. The number of morpholine rings is 1. The third kappa shape index (κ3) is 3.14. The standard InChI is InChI=1S/C15H23N5O2/c1-3-11-10-13(17-12-4-5-19(2)14(12)21)18-15(16-11)20-6-8-22-9-7-20/h10,12H,3-9H2,1-2H3,(H,16,17,18). The van der Waals surface area contributed by atoms with Crippen LogP contribution in [0.5, 0.6) is 0 Å². The highest BCUT2D eigenvalue weighted by Crippen LogP contribution is 2.19. The molecule has 2 saturated heterocycles. The molecule has 2 aliphatic heterocycles. The molecule has 1 N–H and O–H groups in total. The van der Waals surface area contributed by atoms with E-state index in [0.717, 1.165) is 49.9 Å². The van der Waals surface area contributed by atoms with Gasteiger partial charge in [0.25, 0.3) is 0 Å². The number of anilines is 2. The average molecular weight is 305 g/mol. The third-order valence-corrected chi connectivity index (χ3v) is 4.17. The van der Waals surface area contributed by atoms with Crippen LogP contribution < -0.4 is 10.2 Å². The van der Waals surface area contributed by atoms with Crippen molar-refractivity contribution in [3.8, 4) is 0 Å². The Balaban J connectivity index is 1.79. The van der Waals surface area contributed by atoms with Crippen molar-refractivity contribution in [3.63, 3.8) is 0 Å². The van der Waals surface area contributed by atoms with E-state index in [1.165, 1.54) is 0 Å². The van der Waals surface area contributed by atoms with Crippen LogP contribution in [0, 0.1) is 0 Å². The number of carbonyl (C=O) groups excluding carboxylic acids is 1. The summed E-state index contributed by atoms with van der Waals surface area (Å²) in [5, 5.41) is 3.28. The van der Waals surface area contributed by atoms with Gasteiger partial charge < -0.3 is 19.9 Å². The van der Waals surface area contributed by atoms with E-state index >= 15 is 0 Å². The van der Waals surface area contributed by atoms with Crippen LogP contribution in [0.3, 0.4) is 0 Å². The predicted molar refractivity (Wildman–Crippen MR) is 84.1 cm³/mol. The van der Waals surface area contributed by atoms with Crippen LogP contribution in [-0.2, 0) is 16.0 Å². The lowest BCUT2D eigenvalue weighted by atomic mass is 10.2. The van der Waals surface area contributed by atoms with E-state index in [4.69, 9.17) is 4.74 Å². The molecule has 0 aliphatic carbocycles. The Kier molecular flexibility index (Phi) is 4.42. The van der Waals surface area contributed by atoms with Crippen molar-refractivity contribution in [2.75, 3.05) is 50.1 Å². The van der Waals surface area contributed by atoms with Gasteiger partial charge in [-0.3, -0.25) is 4.79 Å². The molecule has 0 saturated carbocycles. The summed E-state index contributed by atoms with van der Waals surface area (Å²) in [6.07, 6.45) is 1.65. The van der Waals surface area contributed by atoms with Gasteiger partial charge in [0.1, 0.15) is 11.9 Å². The van der Waals surface area contributed by atoms with Gasteiger partial charge in [-0.2, -0.15) is 4.98 Å². The summed E-state index contributed by atoms with van der Waals surface area (Å²) in [7, 11) is 1.83. The summed E-state index contributed by atoms with van der Waals surface area (Å²) in [4.78, 5) is 25.1. The molecular formula is C15H23N5O2. The second kappa shape index (κ2) is 6.48. The van der Waals surface area contributed by atoms with Crippen LogP contribution >= 0.6 is 0 Å². The zero-order chi connectivity index (χ0) is 15.5. The largest absolute Gasteiger partial charge is 0.378 e. The first-order chi connectivity index (χ1) is 10.7. The Bertz CT molecular complexity index is 545. The highest BCUT2D eigenvalue weighted by Gasteiger charge is 2.29. The lowest BCUT2D eigenvalue weighted by Crippen LogP contribution is -2.38. The smallest absolute Gasteiger partial charge is 0.244 e. The second-order valence-electron chi connectivity index (χ2n) is 5.74. The summed E-state index contributed by atoms with van der Waals surface area (Å²) in [6, 6.07) is 1.76. The number of nitrogens with one attached hydrogen (secondary N) is 1. The first kappa shape index (κ1) is 15.0. The first-order valence-corrected chi connectivity index (χ1v) is 7.89. The topological polar surface area (TPSA) is 70.6 Å².